The van der Waals surface area contributed by atoms with Crippen molar-refractivity contribution < 1.29 is 13.9 Å². The molecular formula is C23H27IN4O3S. The number of halogens is 1. The van der Waals surface area contributed by atoms with Gasteiger partial charge >= 0.3 is 6.09 Å². The second-order valence-electron chi connectivity index (χ2n) is 7.11. The summed E-state index contributed by atoms with van der Waals surface area (Å²) in [5, 5.41) is 8.89. The lowest BCUT2D eigenvalue weighted by atomic mass is 10.2. The molecule has 9 heteroatoms. The maximum absolute atomic E-state index is 11.7. The number of amides is 1. The van der Waals surface area contributed by atoms with Gasteiger partial charge in [-0.1, -0.05) is 18.2 Å². The van der Waals surface area contributed by atoms with Gasteiger partial charge in [-0.25, -0.2) is 9.79 Å². The normalized spacial score (nSPS) is 13.6. The van der Waals surface area contributed by atoms with E-state index in [0.29, 0.717) is 19.7 Å². The molecule has 32 heavy (non-hydrogen) atoms. The smallest absolute Gasteiger partial charge is 0.414 e. The molecule has 0 aliphatic carbocycles. The summed E-state index contributed by atoms with van der Waals surface area (Å²) in [4.78, 5) is 19.4. The second-order valence-corrected chi connectivity index (χ2v) is 8.14. The van der Waals surface area contributed by atoms with E-state index < -0.39 is 0 Å². The van der Waals surface area contributed by atoms with Crippen LogP contribution in [0.1, 0.15) is 16.2 Å². The second kappa shape index (κ2) is 12.5. The van der Waals surface area contributed by atoms with Gasteiger partial charge in [0.2, 0.25) is 0 Å². The van der Waals surface area contributed by atoms with E-state index in [2.05, 4.69) is 28.1 Å². The van der Waals surface area contributed by atoms with Gasteiger partial charge in [0.25, 0.3) is 0 Å². The number of anilines is 1. The van der Waals surface area contributed by atoms with Crippen molar-refractivity contribution in [2.75, 3.05) is 31.1 Å². The molecule has 0 atom stereocenters. The summed E-state index contributed by atoms with van der Waals surface area (Å²) < 4.78 is 10.4. The third-order valence-corrected chi connectivity index (χ3v) is 5.85. The summed E-state index contributed by atoms with van der Waals surface area (Å²) in [7, 11) is 0. The Morgan fingerprint density at radius 3 is 2.53 bits per heavy atom. The lowest BCUT2D eigenvalue weighted by Gasteiger charge is -2.14. The molecule has 0 radical (unpaired) electrons. The summed E-state index contributed by atoms with van der Waals surface area (Å²) in [6.45, 7) is 3.11. The quantitative estimate of drug-likeness (QED) is 0.228. The van der Waals surface area contributed by atoms with Crippen LogP contribution in [0.3, 0.4) is 0 Å². The minimum absolute atomic E-state index is 0. The zero-order valence-corrected chi connectivity index (χ0v) is 20.8. The van der Waals surface area contributed by atoms with E-state index in [9.17, 15) is 4.79 Å². The molecule has 0 bridgehead atoms. The maximum Gasteiger partial charge on any atom is 0.414 e. The molecule has 4 rings (SSSR count). The summed E-state index contributed by atoms with van der Waals surface area (Å²) in [6, 6.07) is 16.0. The van der Waals surface area contributed by atoms with Gasteiger partial charge in [0.1, 0.15) is 12.4 Å². The Morgan fingerprint density at radius 1 is 1.06 bits per heavy atom. The van der Waals surface area contributed by atoms with E-state index in [4.69, 9.17) is 14.1 Å². The average Bonchev–Trinajstić information content (AvgIpc) is 3.56. The fourth-order valence-corrected chi connectivity index (χ4v) is 3.98. The largest absolute Gasteiger partial charge is 0.469 e. The molecule has 2 N–H and O–H groups in total. The highest BCUT2D eigenvalue weighted by molar-refractivity contribution is 14.0. The first-order valence-electron chi connectivity index (χ1n) is 10.4. The maximum atomic E-state index is 11.7. The van der Waals surface area contributed by atoms with Crippen LogP contribution in [0.2, 0.25) is 0 Å². The molecule has 3 heterocycles. The first kappa shape index (κ1) is 24.1. The fraction of sp³-hybridized carbons (Fsp3) is 0.304. The molecule has 0 spiro atoms. The van der Waals surface area contributed by atoms with E-state index in [-0.39, 0.29) is 30.1 Å². The summed E-state index contributed by atoms with van der Waals surface area (Å²) in [6.07, 6.45) is 3.15. The van der Waals surface area contributed by atoms with Gasteiger partial charge in [0.15, 0.2) is 5.96 Å². The van der Waals surface area contributed by atoms with E-state index in [1.54, 1.807) is 22.5 Å². The molecule has 1 aliphatic rings. The summed E-state index contributed by atoms with van der Waals surface area (Å²) >= 11 is 1.76. The number of thiophene rings is 1. The van der Waals surface area contributed by atoms with Crippen LogP contribution in [0.5, 0.6) is 0 Å². The van der Waals surface area contributed by atoms with Gasteiger partial charge in [0, 0.05) is 30.1 Å². The highest BCUT2D eigenvalue weighted by Gasteiger charge is 2.23. The number of nitrogens with zero attached hydrogens (tertiary/aromatic N) is 2. The van der Waals surface area contributed by atoms with Crippen molar-refractivity contribution in [1.29, 1.82) is 0 Å². The highest BCUT2D eigenvalue weighted by atomic mass is 127. The third-order valence-electron chi connectivity index (χ3n) is 4.92. The molecule has 7 nitrogen and oxygen atoms in total. The standard InChI is InChI=1S/C23H26N4O3S.HI/c28-23-27(13-15-30-23)19-7-5-18(6-8-19)17-26-22(24-11-9-20-3-1-14-29-20)25-12-10-21-4-2-16-31-21;/h1-8,14,16H,9-13,15,17H2,(H2,24,25,26);1H. The Hall–Kier alpha value is -2.53. The molecule has 1 saturated heterocycles. The van der Waals surface area contributed by atoms with Gasteiger partial charge in [-0.05, 0) is 47.7 Å². The first-order chi connectivity index (χ1) is 15.3. The van der Waals surface area contributed by atoms with Crippen LogP contribution in [0.4, 0.5) is 10.5 Å². The van der Waals surface area contributed by atoms with Gasteiger partial charge in [-0.2, -0.15) is 0 Å². The number of cyclic esters (lactones) is 1. The Labute approximate surface area is 208 Å². The average molecular weight is 566 g/mol. The molecule has 0 saturated carbocycles. The van der Waals surface area contributed by atoms with Gasteiger partial charge < -0.3 is 19.8 Å². The molecule has 3 aromatic rings. The van der Waals surface area contributed by atoms with E-state index >= 15 is 0 Å². The van der Waals surface area contributed by atoms with E-state index in [0.717, 1.165) is 48.9 Å². The van der Waals surface area contributed by atoms with Gasteiger partial charge in [0.05, 0.1) is 19.4 Å². The van der Waals surface area contributed by atoms with Crippen LogP contribution in [-0.2, 0) is 24.1 Å². The summed E-state index contributed by atoms with van der Waals surface area (Å²) in [5.74, 6) is 1.72. The third kappa shape index (κ3) is 6.99. The van der Waals surface area contributed by atoms with Crippen LogP contribution in [-0.4, -0.2) is 38.3 Å². The number of benzene rings is 1. The molecule has 1 aliphatic heterocycles. The van der Waals surface area contributed by atoms with Crippen molar-refractivity contribution in [2.24, 2.45) is 4.99 Å². The summed E-state index contributed by atoms with van der Waals surface area (Å²) in [5.41, 5.74) is 1.92. The van der Waals surface area contributed by atoms with Crippen LogP contribution in [0.25, 0.3) is 0 Å². The zero-order chi connectivity index (χ0) is 21.3. The minimum Gasteiger partial charge on any atom is -0.469 e. The van der Waals surface area contributed by atoms with E-state index in [1.165, 1.54) is 4.88 Å². The monoisotopic (exact) mass is 566 g/mol. The predicted molar refractivity (Wildman–Crippen MR) is 138 cm³/mol. The van der Waals surface area contributed by atoms with Crippen LogP contribution < -0.4 is 15.5 Å². The van der Waals surface area contributed by atoms with Crippen LogP contribution in [0, 0.1) is 0 Å². The lowest BCUT2D eigenvalue weighted by molar-refractivity contribution is 0.181. The van der Waals surface area contributed by atoms with Gasteiger partial charge in [-0.15, -0.1) is 35.3 Å². The van der Waals surface area contributed by atoms with Crippen LogP contribution >= 0.6 is 35.3 Å². The number of aliphatic imine (C=N–C) groups is 1. The Balaban J connectivity index is 0.00000289. The number of hydrogen-bond acceptors (Lipinski definition) is 5. The highest BCUT2D eigenvalue weighted by Crippen LogP contribution is 2.19. The Bertz CT molecular complexity index is 933. The molecule has 0 unspecified atom stereocenters. The number of guanidine groups is 1. The van der Waals surface area contributed by atoms with Crippen molar-refractivity contribution >= 4 is 53.1 Å². The van der Waals surface area contributed by atoms with Crippen molar-refractivity contribution in [3.8, 4) is 0 Å². The van der Waals surface area contributed by atoms with Crippen molar-refractivity contribution in [1.82, 2.24) is 10.6 Å². The number of nitrogens with one attached hydrogen (secondary N) is 2. The van der Waals surface area contributed by atoms with Crippen molar-refractivity contribution in [3.05, 3.63) is 76.4 Å². The predicted octanol–water partition coefficient (Wildman–Crippen LogP) is 4.44. The topological polar surface area (TPSA) is 79.1 Å². The van der Waals surface area contributed by atoms with Crippen molar-refractivity contribution in [2.45, 2.75) is 19.4 Å². The minimum atomic E-state index is -0.288. The molecule has 170 valence electrons. The number of ether oxygens (including phenoxy) is 1. The van der Waals surface area contributed by atoms with Gasteiger partial charge in [-0.3, -0.25) is 4.90 Å². The number of carbonyl (C=O) groups is 1. The SMILES string of the molecule is I.O=C1OCCN1c1ccc(CN=C(NCCc2ccco2)NCCc2cccs2)cc1. The molecule has 2 aromatic heterocycles. The molecule has 1 amide bonds. The number of carbonyl (C=O) groups excluding carboxylic acids is 1. The fourth-order valence-electron chi connectivity index (χ4n) is 3.27. The molecule has 1 aromatic carbocycles. The first-order valence-corrected chi connectivity index (χ1v) is 11.3. The molecule has 1 fully saturated rings. The molecular weight excluding hydrogens is 539 g/mol. The number of hydrogen-bond donors (Lipinski definition) is 2. The van der Waals surface area contributed by atoms with Crippen LogP contribution in [0.15, 0.2) is 69.6 Å². The zero-order valence-electron chi connectivity index (χ0n) is 17.7. The Kier molecular flexibility index (Phi) is 9.42. The Morgan fingerprint density at radius 2 is 1.88 bits per heavy atom. The lowest BCUT2D eigenvalue weighted by Crippen LogP contribution is -2.39. The number of furan rings is 1. The van der Waals surface area contributed by atoms with E-state index in [1.807, 2.05) is 36.4 Å². The van der Waals surface area contributed by atoms with Crippen molar-refractivity contribution in [3.63, 3.8) is 0 Å². The number of rotatable bonds is 9.